The number of rotatable bonds is 5. The van der Waals surface area contributed by atoms with E-state index in [1.54, 1.807) is 0 Å². The molecule has 0 saturated heterocycles. The Labute approximate surface area is 92.5 Å². The number of carbonyl (C=O) groups is 1. The zero-order chi connectivity index (χ0) is 12.2. The number of nitrogens with zero attached hydrogens (tertiary/aromatic N) is 2. The van der Waals surface area contributed by atoms with Crippen molar-refractivity contribution in [3.8, 4) is 0 Å². The van der Waals surface area contributed by atoms with Crippen molar-refractivity contribution in [3.63, 3.8) is 0 Å². The summed E-state index contributed by atoms with van der Waals surface area (Å²) in [6.45, 7) is 1.69. The van der Waals surface area contributed by atoms with E-state index < -0.39 is 17.1 Å². The van der Waals surface area contributed by atoms with E-state index in [4.69, 9.17) is 4.74 Å². The van der Waals surface area contributed by atoms with Crippen molar-refractivity contribution < 1.29 is 14.6 Å². The minimum absolute atomic E-state index is 0.176. The molecule has 1 heterocycles. The van der Waals surface area contributed by atoms with Crippen molar-refractivity contribution in [2.45, 2.75) is 18.9 Å². The largest absolute Gasteiger partial charge is 0.479 e. The lowest BCUT2D eigenvalue weighted by atomic mass is 9.99. The summed E-state index contributed by atoms with van der Waals surface area (Å²) in [6, 6.07) is 2.75. The molecule has 0 saturated carbocycles. The van der Waals surface area contributed by atoms with Crippen molar-refractivity contribution in [1.29, 1.82) is 0 Å². The van der Waals surface area contributed by atoms with Gasteiger partial charge < -0.3 is 9.84 Å². The Hall–Kier alpha value is -1.69. The predicted octanol–water partition coefficient (Wildman–Crippen LogP) is 0.0796. The Morgan fingerprint density at radius 2 is 2.38 bits per heavy atom. The molecule has 0 aromatic carbocycles. The lowest BCUT2D eigenvalue weighted by Crippen LogP contribution is -2.47. The maximum atomic E-state index is 11.5. The summed E-state index contributed by atoms with van der Waals surface area (Å²) in [4.78, 5) is 22.8. The number of hydrogen-bond donors (Lipinski definition) is 1. The fraction of sp³-hybridized carbons (Fsp3) is 0.500. The molecule has 1 rings (SSSR count). The van der Waals surface area contributed by atoms with Gasteiger partial charge in [-0.1, -0.05) is 0 Å². The van der Waals surface area contributed by atoms with Crippen LogP contribution in [0.5, 0.6) is 0 Å². The summed E-state index contributed by atoms with van der Waals surface area (Å²) in [5.74, 6) is -1.11. The summed E-state index contributed by atoms with van der Waals surface area (Å²) in [5.41, 5.74) is -1.82. The second-order valence-electron chi connectivity index (χ2n) is 3.60. The Morgan fingerprint density at radius 1 is 1.69 bits per heavy atom. The standard InChI is InChI=1S/C10H14N2O4/c1-10(9(14)15,5-7-16-2)12-8(13)4-3-6-11-12/h3-4,6H,5,7H2,1-2H3,(H,14,15). The normalized spacial score (nSPS) is 14.4. The molecule has 1 aromatic heterocycles. The molecule has 88 valence electrons. The molecule has 0 aliphatic rings. The van der Waals surface area contributed by atoms with Gasteiger partial charge in [-0.15, -0.1) is 0 Å². The molecular formula is C10H14N2O4. The highest BCUT2D eigenvalue weighted by atomic mass is 16.5. The topological polar surface area (TPSA) is 81.4 Å². The van der Waals surface area contributed by atoms with Crippen LogP contribution in [0.1, 0.15) is 13.3 Å². The Balaban J connectivity index is 3.17. The highest BCUT2D eigenvalue weighted by Crippen LogP contribution is 2.17. The fourth-order valence-electron chi connectivity index (χ4n) is 1.33. The van der Waals surface area contributed by atoms with E-state index in [0.717, 1.165) is 4.68 Å². The van der Waals surface area contributed by atoms with Gasteiger partial charge in [-0.25, -0.2) is 9.48 Å². The van der Waals surface area contributed by atoms with Crippen LogP contribution in [0.25, 0.3) is 0 Å². The second-order valence-corrected chi connectivity index (χ2v) is 3.60. The number of carboxylic acids is 1. The van der Waals surface area contributed by atoms with Crippen LogP contribution in [0, 0.1) is 0 Å². The average molecular weight is 226 g/mol. The van der Waals surface area contributed by atoms with Gasteiger partial charge in [-0.3, -0.25) is 4.79 Å². The lowest BCUT2D eigenvalue weighted by molar-refractivity contribution is -0.148. The van der Waals surface area contributed by atoms with Crippen molar-refractivity contribution in [2.24, 2.45) is 0 Å². The van der Waals surface area contributed by atoms with Gasteiger partial charge in [0, 0.05) is 32.4 Å². The van der Waals surface area contributed by atoms with E-state index in [2.05, 4.69) is 5.10 Å². The van der Waals surface area contributed by atoms with Crippen LogP contribution in [-0.4, -0.2) is 34.6 Å². The van der Waals surface area contributed by atoms with Gasteiger partial charge in [0.15, 0.2) is 5.54 Å². The molecule has 0 bridgehead atoms. The van der Waals surface area contributed by atoms with Gasteiger partial charge in [0.1, 0.15) is 0 Å². The number of aliphatic carboxylic acids is 1. The van der Waals surface area contributed by atoms with Crippen molar-refractivity contribution in [1.82, 2.24) is 9.78 Å². The first-order chi connectivity index (χ1) is 7.52. The second kappa shape index (κ2) is 4.89. The molecule has 0 aliphatic heterocycles. The third-order valence-electron chi connectivity index (χ3n) is 2.44. The minimum Gasteiger partial charge on any atom is -0.479 e. The third kappa shape index (κ3) is 2.27. The van der Waals surface area contributed by atoms with Crippen molar-refractivity contribution in [2.75, 3.05) is 13.7 Å². The maximum absolute atomic E-state index is 11.5. The summed E-state index contributed by atoms with van der Waals surface area (Å²) < 4.78 is 5.81. The molecule has 16 heavy (non-hydrogen) atoms. The highest BCUT2D eigenvalue weighted by molar-refractivity contribution is 5.76. The lowest BCUT2D eigenvalue weighted by Gasteiger charge is -2.25. The van der Waals surface area contributed by atoms with Gasteiger partial charge in [0.05, 0.1) is 0 Å². The van der Waals surface area contributed by atoms with E-state index in [0.29, 0.717) is 0 Å². The molecule has 0 radical (unpaired) electrons. The van der Waals surface area contributed by atoms with Gasteiger partial charge in [-0.05, 0) is 13.0 Å². The number of carboxylic acid groups (broad SMARTS) is 1. The Kier molecular flexibility index (Phi) is 3.78. The van der Waals surface area contributed by atoms with E-state index in [9.17, 15) is 14.7 Å². The third-order valence-corrected chi connectivity index (χ3v) is 2.44. The summed E-state index contributed by atoms with van der Waals surface area (Å²) in [6.07, 6.45) is 1.56. The van der Waals surface area contributed by atoms with Crippen LogP contribution < -0.4 is 5.56 Å². The van der Waals surface area contributed by atoms with Crippen LogP contribution in [0.15, 0.2) is 23.1 Å². The van der Waals surface area contributed by atoms with Crippen molar-refractivity contribution in [3.05, 3.63) is 28.7 Å². The molecule has 1 aromatic rings. The SMILES string of the molecule is COCCC(C)(C(=O)O)n1ncccc1=O. The highest BCUT2D eigenvalue weighted by Gasteiger charge is 2.36. The first-order valence-electron chi connectivity index (χ1n) is 4.79. The molecule has 1 unspecified atom stereocenters. The summed E-state index contributed by atoms with van der Waals surface area (Å²) in [7, 11) is 1.48. The molecule has 1 atom stereocenters. The molecule has 0 aliphatic carbocycles. The van der Waals surface area contributed by atoms with Crippen LogP contribution in [0.4, 0.5) is 0 Å². The molecule has 0 fully saturated rings. The van der Waals surface area contributed by atoms with Gasteiger partial charge in [0.2, 0.25) is 0 Å². The van der Waals surface area contributed by atoms with Crippen LogP contribution in [0.3, 0.4) is 0 Å². The molecule has 6 heteroatoms. The number of ether oxygens (including phenoxy) is 1. The zero-order valence-electron chi connectivity index (χ0n) is 9.21. The first-order valence-corrected chi connectivity index (χ1v) is 4.79. The van der Waals surface area contributed by atoms with Gasteiger partial charge in [-0.2, -0.15) is 5.10 Å². The van der Waals surface area contributed by atoms with Crippen LogP contribution >= 0.6 is 0 Å². The predicted molar refractivity (Wildman–Crippen MR) is 56.3 cm³/mol. The van der Waals surface area contributed by atoms with Gasteiger partial charge >= 0.3 is 5.97 Å². The molecule has 1 N–H and O–H groups in total. The van der Waals surface area contributed by atoms with Crippen LogP contribution in [-0.2, 0) is 15.1 Å². The number of methoxy groups -OCH3 is 1. The van der Waals surface area contributed by atoms with E-state index in [-0.39, 0.29) is 13.0 Å². The average Bonchev–Trinajstić information content (AvgIpc) is 2.26. The van der Waals surface area contributed by atoms with E-state index in [1.165, 1.54) is 32.4 Å². The number of hydrogen-bond acceptors (Lipinski definition) is 4. The zero-order valence-corrected chi connectivity index (χ0v) is 9.21. The van der Waals surface area contributed by atoms with E-state index in [1.807, 2.05) is 0 Å². The number of aromatic nitrogens is 2. The Morgan fingerprint density at radius 3 is 2.88 bits per heavy atom. The molecule has 0 spiro atoms. The minimum atomic E-state index is -1.38. The van der Waals surface area contributed by atoms with Gasteiger partial charge in [0.25, 0.3) is 5.56 Å². The van der Waals surface area contributed by atoms with E-state index >= 15 is 0 Å². The smallest absolute Gasteiger partial charge is 0.331 e. The quantitative estimate of drug-likeness (QED) is 0.768. The monoisotopic (exact) mass is 226 g/mol. The van der Waals surface area contributed by atoms with Crippen molar-refractivity contribution >= 4 is 5.97 Å². The van der Waals surface area contributed by atoms with Crippen LogP contribution in [0.2, 0.25) is 0 Å². The fourth-order valence-corrected chi connectivity index (χ4v) is 1.33. The maximum Gasteiger partial charge on any atom is 0.331 e. The summed E-state index contributed by atoms with van der Waals surface area (Å²) in [5, 5.41) is 13.0. The summed E-state index contributed by atoms with van der Waals surface area (Å²) >= 11 is 0. The molecular weight excluding hydrogens is 212 g/mol. The first kappa shape index (κ1) is 12.4. The molecule has 6 nitrogen and oxygen atoms in total. The molecule has 0 amide bonds. The Bertz CT molecular complexity index is 429.